The van der Waals surface area contributed by atoms with Crippen molar-refractivity contribution in [1.29, 1.82) is 0 Å². The van der Waals surface area contributed by atoms with E-state index in [4.69, 9.17) is 0 Å². The van der Waals surface area contributed by atoms with Gasteiger partial charge in [-0.1, -0.05) is 0 Å². The molecule has 1 aromatic heterocycles. The first-order valence-corrected chi connectivity index (χ1v) is 56.7. The van der Waals surface area contributed by atoms with Crippen molar-refractivity contribution in [2.24, 2.45) is 0 Å². The van der Waals surface area contributed by atoms with Crippen LogP contribution in [0, 0.1) is 0 Å². The Morgan fingerprint density at radius 2 is 0.436 bits per heavy atom. The van der Waals surface area contributed by atoms with Crippen LogP contribution in [0.15, 0.2) is 48.5 Å². The standard InChI is InChI=1S/C68H92Se10/c1-33(2)45-25-49(37(9)10)57(50(26-45)38(11)12)61-65-69-67(63(73-75-65)59-53(41(17)18)29-47(35(5)6)30-54(59)42(19)20)78-72-62(58-51(39(13)14)27-46(34(3)4)28-52(58)40(15)16)66-70-68(77-71-61)64(74-76-66)60-55(43(21)22)31-48(36(7)8)32-56(60)44(23)24/h25-44H,1-24H3. The van der Waals surface area contributed by atoms with E-state index in [1.807, 2.05) is 30.4 Å². The van der Waals surface area contributed by atoms with E-state index in [0.717, 1.165) is 0 Å². The Morgan fingerprint density at radius 1 is 0.231 bits per heavy atom. The monoisotopic (exact) mass is 1710 g/mol. The van der Waals surface area contributed by atoms with E-state index in [1.165, 1.54) is 22.3 Å². The topological polar surface area (TPSA) is 0 Å². The molecule has 78 heavy (non-hydrogen) atoms. The van der Waals surface area contributed by atoms with Gasteiger partial charge in [-0.25, -0.2) is 0 Å². The zero-order valence-electron chi connectivity index (χ0n) is 51.6. The number of hydrogen-bond donors (Lipinski definition) is 0. The van der Waals surface area contributed by atoms with Crippen LogP contribution >= 0.6 is 0 Å². The summed E-state index contributed by atoms with van der Waals surface area (Å²) in [5.74, 6) is 5.97. The molecule has 0 aliphatic carbocycles. The molecule has 3 heterocycles. The third-order valence-corrected chi connectivity index (χ3v) is 68.9. The Kier molecular flexibility index (Phi) is 24.5. The van der Waals surface area contributed by atoms with Crippen molar-refractivity contribution in [1.82, 2.24) is 0 Å². The predicted octanol–water partition coefficient (Wildman–Crippen LogP) is 14.5. The molecule has 0 radical (unpaired) electrons. The summed E-state index contributed by atoms with van der Waals surface area (Å²) < 4.78 is 15.4. The molecule has 0 saturated carbocycles. The van der Waals surface area contributed by atoms with Gasteiger partial charge in [0.25, 0.3) is 0 Å². The number of hydrogen-bond acceptors (Lipinski definition) is 0. The van der Waals surface area contributed by atoms with E-state index in [1.54, 1.807) is 66.8 Å². The van der Waals surface area contributed by atoms with Crippen molar-refractivity contribution in [2.45, 2.75) is 237 Å². The van der Waals surface area contributed by atoms with Crippen LogP contribution in [0.3, 0.4) is 0 Å². The minimum atomic E-state index is 0.329. The van der Waals surface area contributed by atoms with Gasteiger partial charge in [0.15, 0.2) is 0 Å². The van der Waals surface area contributed by atoms with Gasteiger partial charge in [-0.2, -0.15) is 0 Å². The minimum absolute atomic E-state index is 0.329. The Bertz CT molecular complexity index is 2940. The van der Waals surface area contributed by atoms with E-state index in [0.29, 0.717) is 203 Å². The van der Waals surface area contributed by atoms with Crippen molar-refractivity contribution in [3.05, 3.63) is 132 Å². The molecule has 4 bridgehead atoms. The maximum atomic E-state index is 2.70. The van der Waals surface area contributed by atoms with Gasteiger partial charge in [0.2, 0.25) is 0 Å². The van der Waals surface area contributed by atoms with Gasteiger partial charge in [-0.15, -0.1) is 0 Å². The van der Waals surface area contributed by atoms with Gasteiger partial charge in [-0.05, 0) is 0 Å². The molecule has 0 nitrogen and oxygen atoms in total. The van der Waals surface area contributed by atoms with E-state index in [2.05, 4.69) is 215 Å². The molecular formula is C68H92Se10. The molecule has 0 fully saturated rings. The molecule has 0 spiro atoms. The molecule has 7 rings (SSSR count). The van der Waals surface area contributed by atoms with E-state index in [-0.39, 0.29) is 0 Å². The number of benzene rings is 4. The Hall–Kier alpha value is 1.03. The Morgan fingerprint density at radius 3 is 0.628 bits per heavy atom. The molecule has 0 atom stereocenters. The van der Waals surface area contributed by atoms with Crippen LogP contribution in [-0.4, -0.2) is 132 Å². The van der Waals surface area contributed by atoms with E-state index < -0.39 is 0 Å². The zero-order valence-corrected chi connectivity index (χ0v) is 68.8. The van der Waals surface area contributed by atoms with Gasteiger partial charge < -0.3 is 0 Å². The molecule has 0 amide bonds. The van der Waals surface area contributed by atoms with Gasteiger partial charge >= 0.3 is 537 Å². The number of rotatable bonds is 16. The van der Waals surface area contributed by atoms with E-state index in [9.17, 15) is 0 Å². The predicted molar refractivity (Wildman–Crippen MR) is 360 cm³/mol. The summed E-state index contributed by atoms with van der Waals surface area (Å²) in [6, 6.07) is 21.5. The van der Waals surface area contributed by atoms with Crippen molar-refractivity contribution in [3.8, 4) is 20.0 Å². The van der Waals surface area contributed by atoms with Crippen LogP contribution in [0.25, 0.3) is 28.9 Å². The van der Waals surface area contributed by atoms with Crippen molar-refractivity contribution in [3.63, 3.8) is 0 Å². The quantitative estimate of drug-likeness (QED) is 0.0864. The molecule has 0 unspecified atom stereocenters. The molecule has 0 N–H and O–H groups in total. The molecule has 2 aliphatic rings. The SMILES string of the molecule is CC(C)c1cc(C(C)C)c(C2=c3[se][se]c(-c4c(C(C)C)cc(C(C)C)cc4C(C)C)c4[se]c([se][se]c(-c5c(C(C)C)cc(C(C)C)cc5C(C)C)c([se]3)[Se][Se]2)=C(c2c(C(C)C)cc(C(C)C)cc2C(C)C)[Se][Se]4)c(C(C)C)c1. The van der Waals surface area contributed by atoms with Gasteiger partial charge in [0, 0.05) is 0 Å². The average molecular weight is 1700 g/mol. The summed E-state index contributed by atoms with van der Waals surface area (Å²) in [4.78, 5) is 0. The Balaban J connectivity index is 1.86. The molecule has 5 aromatic rings. The van der Waals surface area contributed by atoms with Crippen LogP contribution in [0.5, 0.6) is 0 Å². The van der Waals surface area contributed by atoms with Gasteiger partial charge in [-0.3, -0.25) is 0 Å². The van der Waals surface area contributed by atoms with Crippen molar-refractivity contribution in [2.75, 3.05) is 0 Å². The molecule has 4 aromatic carbocycles. The summed E-state index contributed by atoms with van der Waals surface area (Å²) in [5, 5.41) is 0. The first kappa shape index (κ1) is 66.6. The maximum absolute atomic E-state index is 2.70. The number of fused-ring (bicyclic) bond motifs is 4. The first-order valence-electron chi connectivity index (χ1n) is 29.1. The van der Waals surface area contributed by atoms with Gasteiger partial charge in [0.1, 0.15) is 0 Å². The van der Waals surface area contributed by atoms with Crippen LogP contribution in [0.4, 0.5) is 0 Å². The Labute approximate surface area is 530 Å². The normalized spacial score (nSPS) is 13.7. The summed E-state index contributed by atoms with van der Waals surface area (Å²) >= 11 is 3.93. The second-order valence-electron chi connectivity index (χ2n) is 25.5. The fourth-order valence-electron chi connectivity index (χ4n) is 10.5. The fraction of sp³-hybridized carbons (Fsp3) is 0.529. The summed E-state index contributed by atoms with van der Waals surface area (Å²) in [5.41, 5.74) is 26.2. The molecule has 0 saturated heterocycles. The summed E-state index contributed by atoms with van der Waals surface area (Å²) in [6.07, 6.45) is 0. The van der Waals surface area contributed by atoms with Gasteiger partial charge in [0.05, 0.1) is 0 Å². The van der Waals surface area contributed by atoms with Crippen LogP contribution in [-0.2, 0) is 0 Å². The molecule has 2 aliphatic heterocycles. The van der Waals surface area contributed by atoms with Crippen LogP contribution in [0.1, 0.15) is 315 Å². The van der Waals surface area contributed by atoms with E-state index >= 15 is 0 Å². The second kappa shape index (κ2) is 28.7. The van der Waals surface area contributed by atoms with Crippen molar-refractivity contribution < 1.29 is 0 Å². The van der Waals surface area contributed by atoms with Crippen molar-refractivity contribution >= 4 is 148 Å². The third-order valence-electron chi connectivity index (χ3n) is 15.4. The summed E-state index contributed by atoms with van der Waals surface area (Å²) in [7, 11) is 0. The second-order valence-corrected chi connectivity index (χ2v) is 59.2. The zero-order chi connectivity index (χ0) is 57.5. The third kappa shape index (κ3) is 14.9. The molecule has 424 valence electrons. The molecule has 10 heteroatoms. The first-order chi connectivity index (χ1) is 36.6. The average Bonchev–Trinajstić information content (AvgIpc) is 3.37. The van der Waals surface area contributed by atoms with Crippen LogP contribution < -0.4 is 12.6 Å². The molecular weight excluding hydrogens is 1610 g/mol. The summed E-state index contributed by atoms with van der Waals surface area (Å²) in [6.45, 7) is 59.5. The van der Waals surface area contributed by atoms with Crippen LogP contribution in [0.2, 0.25) is 0 Å². The fourth-order valence-corrected chi connectivity index (χ4v) is 84.3.